The standard InChI is InChI=1S/C10H16F3N3O/c1-3-5-14-7(4-2)6-8-15-9(16-17-8)10(11,12)13/h7,14H,3-6H2,1-2H3. The first-order chi connectivity index (χ1) is 7.97. The second kappa shape index (κ2) is 6.00. The van der Waals surface area contributed by atoms with Gasteiger partial charge in [0.1, 0.15) is 0 Å². The molecule has 0 aliphatic heterocycles. The second-order valence-corrected chi connectivity index (χ2v) is 3.77. The maximum atomic E-state index is 12.2. The van der Waals surface area contributed by atoms with E-state index in [4.69, 9.17) is 0 Å². The summed E-state index contributed by atoms with van der Waals surface area (Å²) in [6.45, 7) is 4.79. The van der Waals surface area contributed by atoms with Gasteiger partial charge in [-0.2, -0.15) is 18.2 Å². The molecule has 4 nitrogen and oxygen atoms in total. The van der Waals surface area contributed by atoms with Crippen molar-refractivity contribution >= 4 is 0 Å². The third-order valence-electron chi connectivity index (χ3n) is 2.32. The van der Waals surface area contributed by atoms with Crippen LogP contribution in [0.5, 0.6) is 0 Å². The lowest BCUT2D eigenvalue weighted by molar-refractivity contribution is -0.146. The summed E-state index contributed by atoms with van der Waals surface area (Å²) in [6, 6.07) is 0.0662. The zero-order valence-corrected chi connectivity index (χ0v) is 9.84. The van der Waals surface area contributed by atoms with E-state index in [1.165, 1.54) is 0 Å². The van der Waals surface area contributed by atoms with Crippen LogP contribution in [0.25, 0.3) is 0 Å². The molecule has 0 radical (unpaired) electrons. The van der Waals surface area contributed by atoms with Crippen LogP contribution in [-0.2, 0) is 12.6 Å². The molecule has 0 aliphatic rings. The lowest BCUT2D eigenvalue weighted by Gasteiger charge is -2.13. The lowest BCUT2D eigenvalue weighted by Crippen LogP contribution is -2.31. The Morgan fingerprint density at radius 3 is 2.53 bits per heavy atom. The normalized spacial score (nSPS) is 13.9. The zero-order valence-electron chi connectivity index (χ0n) is 9.84. The monoisotopic (exact) mass is 251 g/mol. The van der Waals surface area contributed by atoms with Gasteiger partial charge in [-0.3, -0.25) is 0 Å². The van der Waals surface area contributed by atoms with Crippen molar-refractivity contribution in [3.05, 3.63) is 11.7 Å². The van der Waals surface area contributed by atoms with Crippen LogP contribution in [0.3, 0.4) is 0 Å². The minimum atomic E-state index is -4.54. The van der Waals surface area contributed by atoms with Crippen molar-refractivity contribution in [3.8, 4) is 0 Å². The smallest absolute Gasteiger partial charge is 0.339 e. The summed E-state index contributed by atoms with van der Waals surface area (Å²) in [5.74, 6) is -1.19. The summed E-state index contributed by atoms with van der Waals surface area (Å²) >= 11 is 0. The second-order valence-electron chi connectivity index (χ2n) is 3.77. The minimum absolute atomic E-state index is 0.0211. The summed E-state index contributed by atoms with van der Waals surface area (Å²) in [5, 5.41) is 6.12. The molecule has 0 fully saturated rings. The summed E-state index contributed by atoms with van der Waals surface area (Å²) in [4.78, 5) is 3.33. The molecule has 1 heterocycles. The maximum Gasteiger partial charge on any atom is 0.455 e. The molecule has 17 heavy (non-hydrogen) atoms. The fourth-order valence-electron chi connectivity index (χ4n) is 1.37. The number of nitrogens with zero attached hydrogens (tertiary/aromatic N) is 2. The topological polar surface area (TPSA) is 51.0 Å². The van der Waals surface area contributed by atoms with Crippen molar-refractivity contribution in [1.82, 2.24) is 15.5 Å². The van der Waals surface area contributed by atoms with E-state index in [2.05, 4.69) is 20.0 Å². The average Bonchev–Trinajstić information content (AvgIpc) is 2.72. The number of rotatable bonds is 6. The highest BCUT2D eigenvalue weighted by molar-refractivity contribution is 4.92. The van der Waals surface area contributed by atoms with Gasteiger partial charge in [0.2, 0.25) is 5.89 Å². The Bertz CT molecular complexity index is 338. The van der Waals surface area contributed by atoms with Gasteiger partial charge in [-0.05, 0) is 19.4 Å². The average molecular weight is 251 g/mol. The number of hydrogen-bond acceptors (Lipinski definition) is 4. The molecule has 7 heteroatoms. The summed E-state index contributed by atoms with van der Waals surface area (Å²) in [5.41, 5.74) is 0. The van der Waals surface area contributed by atoms with E-state index < -0.39 is 12.0 Å². The molecular formula is C10H16F3N3O. The summed E-state index contributed by atoms with van der Waals surface area (Å²) in [6.07, 6.45) is -2.46. The van der Waals surface area contributed by atoms with Crippen LogP contribution in [0.2, 0.25) is 0 Å². The van der Waals surface area contributed by atoms with E-state index in [0.29, 0.717) is 6.42 Å². The van der Waals surface area contributed by atoms with Crippen molar-refractivity contribution < 1.29 is 17.7 Å². The van der Waals surface area contributed by atoms with Crippen LogP contribution in [0.15, 0.2) is 4.52 Å². The van der Waals surface area contributed by atoms with Crippen LogP contribution < -0.4 is 5.32 Å². The number of hydrogen-bond donors (Lipinski definition) is 1. The first kappa shape index (κ1) is 14.0. The highest BCUT2D eigenvalue weighted by Crippen LogP contribution is 2.26. The van der Waals surface area contributed by atoms with E-state index in [-0.39, 0.29) is 11.9 Å². The summed E-state index contributed by atoms with van der Waals surface area (Å²) in [7, 11) is 0. The highest BCUT2D eigenvalue weighted by atomic mass is 19.4. The molecule has 0 amide bonds. The molecule has 0 bridgehead atoms. The van der Waals surface area contributed by atoms with Crippen molar-refractivity contribution in [2.45, 2.75) is 45.3 Å². The molecule has 0 saturated carbocycles. The van der Waals surface area contributed by atoms with Crippen molar-refractivity contribution in [2.75, 3.05) is 6.54 Å². The van der Waals surface area contributed by atoms with Crippen LogP contribution >= 0.6 is 0 Å². The third-order valence-corrected chi connectivity index (χ3v) is 2.32. The Morgan fingerprint density at radius 2 is 2.06 bits per heavy atom. The molecule has 1 atom stereocenters. The zero-order chi connectivity index (χ0) is 12.9. The first-order valence-electron chi connectivity index (χ1n) is 5.60. The predicted octanol–water partition coefficient (Wildman–Crippen LogP) is 2.41. The van der Waals surface area contributed by atoms with E-state index in [0.717, 1.165) is 19.4 Å². The molecule has 98 valence electrons. The first-order valence-corrected chi connectivity index (χ1v) is 5.60. The summed E-state index contributed by atoms with van der Waals surface area (Å²) < 4.78 is 41.2. The van der Waals surface area contributed by atoms with Crippen molar-refractivity contribution in [1.29, 1.82) is 0 Å². The molecule has 1 unspecified atom stereocenters. The van der Waals surface area contributed by atoms with Gasteiger partial charge in [0.05, 0.1) is 0 Å². The van der Waals surface area contributed by atoms with Crippen LogP contribution in [0, 0.1) is 0 Å². The lowest BCUT2D eigenvalue weighted by atomic mass is 10.1. The van der Waals surface area contributed by atoms with Crippen molar-refractivity contribution in [3.63, 3.8) is 0 Å². The van der Waals surface area contributed by atoms with Crippen LogP contribution in [-0.4, -0.2) is 22.7 Å². The van der Waals surface area contributed by atoms with Gasteiger partial charge in [0.25, 0.3) is 5.82 Å². The minimum Gasteiger partial charge on any atom is -0.339 e. The molecule has 0 aromatic carbocycles. The number of halogens is 3. The molecule has 0 saturated heterocycles. The Morgan fingerprint density at radius 1 is 1.35 bits per heavy atom. The maximum absolute atomic E-state index is 12.2. The van der Waals surface area contributed by atoms with Crippen molar-refractivity contribution in [2.24, 2.45) is 0 Å². The predicted molar refractivity (Wildman–Crippen MR) is 55.4 cm³/mol. The third kappa shape index (κ3) is 4.33. The van der Waals surface area contributed by atoms with Gasteiger partial charge in [-0.15, -0.1) is 0 Å². The van der Waals surface area contributed by atoms with Gasteiger partial charge in [0, 0.05) is 12.5 Å². The largest absolute Gasteiger partial charge is 0.455 e. The van der Waals surface area contributed by atoms with Gasteiger partial charge >= 0.3 is 6.18 Å². The number of alkyl halides is 3. The van der Waals surface area contributed by atoms with Gasteiger partial charge < -0.3 is 9.84 Å². The molecule has 1 rings (SSSR count). The van der Waals surface area contributed by atoms with E-state index in [1.54, 1.807) is 0 Å². The van der Waals surface area contributed by atoms with Gasteiger partial charge in [0.15, 0.2) is 0 Å². The molecule has 1 aromatic rings. The fourth-order valence-corrected chi connectivity index (χ4v) is 1.37. The van der Waals surface area contributed by atoms with E-state index in [9.17, 15) is 13.2 Å². The Hall–Kier alpha value is -1.11. The van der Waals surface area contributed by atoms with E-state index >= 15 is 0 Å². The Balaban J connectivity index is 2.58. The molecule has 1 N–H and O–H groups in total. The molecule has 0 aliphatic carbocycles. The van der Waals surface area contributed by atoms with Gasteiger partial charge in [-0.25, -0.2) is 0 Å². The SMILES string of the molecule is CCCNC(CC)Cc1nc(C(F)(F)F)no1. The van der Waals surface area contributed by atoms with E-state index in [1.807, 2.05) is 13.8 Å². The number of aromatic nitrogens is 2. The molecule has 0 spiro atoms. The molecular weight excluding hydrogens is 235 g/mol. The van der Waals surface area contributed by atoms with Crippen LogP contribution in [0.4, 0.5) is 13.2 Å². The molecule has 1 aromatic heterocycles. The number of nitrogens with one attached hydrogen (secondary N) is 1. The van der Waals surface area contributed by atoms with Gasteiger partial charge in [-0.1, -0.05) is 19.0 Å². The van der Waals surface area contributed by atoms with Crippen LogP contribution in [0.1, 0.15) is 38.4 Å². The Kier molecular flexibility index (Phi) is 4.92. The fraction of sp³-hybridized carbons (Fsp3) is 0.800. The quantitative estimate of drug-likeness (QED) is 0.843. The highest BCUT2D eigenvalue weighted by Gasteiger charge is 2.37. The Labute approximate surface area is 97.6 Å².